The maximum absolute atomic E-state index is 12.2. The van der Waals surface area contributed by atoms with Gasteiger partial charge in [0.15, 0.2) is 5.71 Å². The van der Waals surface area contributed by atoms with E-state index in [0.29, 0.717) is 12.2 Å². The van der Waals surface area contributed by atoms with Gasteiger partial charge in [0.1, 0.15) is 7.05 Å². The first-order valence-electron chi connectivity index (χ1n) is 10.4. The lowest BCUT2D eigenvalue weighted by atomic mass is 9.81. The van der Waals surface area contributed by atoms with Crippen molar-refractivity contribution in [2.45, 2.75) is 33.1 Å². The van der Waals surface area contributed by atoms with E-state index >= 15 is 0 Å². The van der Waals surface area contributed by atoms with Crippen molar-refractivity contribution in [2.24, 2.45) is 0 Å². The second-order valence-corrected chi connectivity index (χ2v) is 7.95. The molecule has 3 rings (SSSR count). The SMILES string of the molecule is CCOC(=O)c1ccc2c(c1)C(C)(C)C(/C=C/C=C/N(C(C)=O)c1ccccc1)=[N+]2C. The third-order valence-electron chi connectivity index (χ3n) is 5.52. The van der Waals surface area contributed by atoms with Crippen LogP contribution in [0.15, 0.2) is 73.0 Å². The lowest BCUT2D eigenvalue weighted by Crippen LogP contribution is -2.26. The van der Waals surface area contributed by atoms with E-state index < -0.39 is 0 Å². The van der Waals surface area contributed by atoms with Gasteiger partial charge in [-0.05, 0) is 51.1 Å². The Bertz CT molecular complexity index is 1080. The van der Waals surface area contributed by atoms with Crippen LogP contribution in [-0.4, -0.2) is 35.8 Å². The number of hydrogen-bond donors (Lipinski definition) is 0. The van der Waals surface area contributed by atoms with Crippen molar-refractivity contribution in [3.8, 4) is 0 Å². The summed E-state index contributed by atoms with van der Waals surface area (Å²) in [5.74, 6) is -0.360. The number of benzene rings is 2. The van der Waals surface area contributed by atoms with Crippen molar-refractivity contribution in [1.29, 1.82) is 0 Å². The highest BCUT2D eigenvalue weighted by Crippen LogP contribution is 2.40. The molecule has 0 spiro atoms. The molecular weight excluding hydrogens is 388 g/mol. The van der Waals surface area contributed by atoms with Crippen molar-refractivity contribution >= 4 is 29.0 Å². The molecule has 0 radical (unpaired) electrons. The summed E-state index contributed by atoms with van der Waals surface area (Å²) in [5.41, 5.74) is 4.35. The lowest BCUT2D eigenvalue weighted by Gasteiger charge is -2.16. The van der Waals surface area contributed by atoms with Gasteiger partial charge < -0.3 is 4.74 Å². The van der Waals surface area contributed by atoms with Crippen LogP contribution in [0.25, 0.3) is 0 Å². The van der Waals surface area contributed by atoms with Crippen LogP contribution in [-0.2, 0) is 14.9 Å². The van der Waals surface area contributed by atoms with E-state index in [-0.39, 0.29) is 17.3 Å². The van der Waals surface area contributed by atoms with Crippen LogP contribution in [0.5, 0.6) is 0 Å². The number of hydrogen-bond acceptors (Lipinski definition) is 3. The molecule has 31 heavy (non-hydrogen) atoms. The van der Waals surface area contributed by atoms with Gasteiger partial charge in [-0.15, -0.1) is 0 Å². The van der Waals surface area contributed by atoms with Gasteiger partial charge in [0.2, 0.25) is 11.6 Å². The predicted molar refractivity (Wildman–Crippen MR) is 124 cm³/mol. The average molecular weight is 418 g/mol. The Morgan fingerprint density at radius 2 is 1.81 bits per heavy atom. The number of carbonyl (C=O) groups excluding carboxylic acids is 2. The van der Waals surface area contributed by atoms with Crippen LogP contribution < -0.4 is 4.90 Å². The van der Waals surface area contributed by atoms with Gasteiger partial charge in [0, 0.05) is 36.5 Å². The Hall–Kier alpha value is -3.47. The molecule has 5 heteroatoms. The van der Waals surface area contributed by atoms with E-state index in [4.69, 9.17) is 4.74 Å². The lowest BCUT2D eigenvalue weighted by molar-refractivity contribution is -0.401. The normalized spacial score (nSPS) is 14.9. The molecule has 2 aromatic carbocycles. The summed E-state index contributed by atoms with van der Waals surface area (Å²) in [7, 11) is 2.02. The van der Waals surface area contributed by atoms with Crippen LogP contribution in [0.2, 0.25) is 0 Å². The minimum Gasteiger partial charge on any atom is -0.462 e. The van der Waals surface area contributed by atoms with Crippen LogP contribution >= 0.6 is 0 Å². The first kappa shape index (κ1) is 22.2. The molecule has 1 amide bonds. The number of fused-ring (bicyclic) bond motifs is 1. The molecule has 1 aliphatic heterocycles. The minimum absolute atomic E-state index is 0.0549. The molecule has 0 saturated carbocycles. The third-order valence-corrected chi connectivity index (χ3v) is 5.52. The number of anilines is 1. The smallest absolute Gasteiger partial charge is 0.338 e. The van der Waals surface area contributed by atoms with Crippen LogP contribution in [0, 0.1) is 0 Å². The summed E-state index contributed by atoms with van der Waals surface area (Å²) in [6, 6.07) is 15.2. The summed E-state index contributed by atoms with van der Waals surface area (Å²) < 4.78 is 7.29. The fraction of sp³-hybridized carbons (Fsp3) is 0.269. The Morgan fingerprint density at radius 3 is 2.45 bits per heavy atom. The molecule has 0 bridgehead atoms. The summed E-state index contributed by atoms with van der Waals surface area (Å²) in [4.78, 5) is 25.8. The molecular formula is C26H29N2O3+. The molecule has 2 aromatic rings. The molecule has 0 fully saturated rings. The van der Waals surface area contributed by atoms with Gasteiger partial charge >= 0.3 is 5.97 Å². The molecule has 0 saturated heterocycles. The first-order valence-corrected chi connectivity index (χ1v) is 10.4. The van der Waals surface area contributed by atoms with Gasteiger partial charge in [0.25, 0.3) is 0 Å². The highest BCUT2D eigenvalue weighted by molar-refractivity contribution is 6.04. The molecule has 0 aromatic heterocycles. The van der Waals surface area contributed by atoms with Crippen molar-refractivity contribution in [3.05, 3.63) is 84.1 Å². The van der Waals surface area contributed by atoms with Crippen molar-refractivity contribution in [2.75, 3.05) is 18.6 Å². The zero-order valence-electron chi connectivity index (χ0n) is 18.8. The van der Waals surface area contributed by atoms with Gasteiger partial charge in [-0.2, -0.15) is 4.58 Å². The van der Waals surface area contributed by atoms with E-state index in [9.17, 15) is 9.59 Å². The number of para-hydroxylation sites is 1. The van der Waals surface area contributed by atoms with Gasteiger partial charge in [-0.1, -0.05) is 24.3 Å². The molecule has 0 aliphatic carbocycles. The fourth-order valence-electron chi connectivity index (χ4n) is 3.92. The average Bonchev–Trinajstić information content (AvgIpc) is 2.94. The van der Waals surface area contributed by atoms with E-state index in [1.54, 1.807) is 31.0 Å². The third kappa shape index (κ3) is 4.50. The molecule has 1 aliphatic rings. The van der Waals surface area contributed by atoms with Gasteiger partial charge in [-0.25, -0.2) is 4.79 Å². The van der Waals surface area contributed by atoms with Crippen LogP contribution in [0.4, 0.5) is 11.4 Å². The maximum atomic E-state index is 12.2. The molecule has 0 unspecified atom stereocenters. The number of allylic oxidation sites excluding steroid dienone is 3. The largest absolute Gasteiger partial charge is 0.462 e. The Kier molecular flexibility index (Phi) is 6.54. The zero-order chi connectivity index (χ0) is 22.6. The number of amides is 1. The Balaban J connectivity index is 1.85. The van der Waals surface area contributed by atoms with E-state index in [1.807, 2.05) is 67.7 Å². The molecule has 0 N–H and O–H groups in total. The van der Waals surface area contributed by atoms with E-state index in [1.165, 1.54) is 0 Å². The first-order chi connectivity index (χ1) is 14.8. The second kappa shape index (κ2) is 9.13. The molecule has 1 heterocycles. The van der Waals surface area contributed by atoms with Crippen LogP contribution in [0.3, 0.4) is 0 Å². The number of ether oxygens (including phenoxy) is 1. The monoisotopic (exact) mass is 417 g/mol. The van der Waals surface area contributed by atoms with Crippen molar-refractivity contribution in [3.63, 3.8) is 0 Å². The molecule has 0 atom stereocenters. The molecule has 5 nitrogen and oxygen atoms in total. The van der Waals surface area contributed by atoms with Gasteiger partial charge in [-0.3, -0.25) is 9.69 Å². The predicted octanol–water partition coefficient (Wildman–Crippen LogP) is 4.99. The van der Waals surface area contributed by atoms with Gasteiger partial charge in [0.05, 0.1) is 17.6 Å². The summed E-state index contributed by atoms with van der Waals surface area (Å²) >= 11 is 0. The van der Waals surface area contributed by atoms with E-state index in [0.717, 1.165) is 22.6 Å². The minimum atomic E-state index is -0.305. The zero-order valence-corrected chi connectivity index (χ0v) is 18.8. The summed E-state index contributed by atoms with van der Waals surface area (Å²) in [6.45, 7) is 7.98. The van der Waals surface area contributed by atoms with Crippen LogP contribution in [0.1, 0.15) is 43.6 Å². The number of carbonyl (C=O) groups is 2. The van der Waals surface area contributed by atoms with E-state index in [2.05, 4.69) is 18.4 Å². The quantitative estimate of drug-likeness (QED) is 0.378. The standard InChI is InChI=1S/C26H29N2O3/c1-6-31-25(30)20-15-16-23-22(18-20)26(3,4)24(27(23)5)14-10-11-17-28(19(2)29)21-12-8-7-9-13-21/h7-18H,6H2,1-5H3/q+1. The maximum Gasteiger partial charge on any atom is 0.338 e. The van der Waals surface area contributed by atoms with Crippen molar-refractivity contribution in [1.82, 2.24) is 0 Å². The van der Waals surface area contributed by atoms with Crippen molar-refractivity contribution < 1.29 is 18.9 Å². The highest BCUT2D eigenvalue weighted by atomic mass is 16.5. The number of nitrogens with zero attached hydrogens (tertiary/aromatic N) is 2. The Morgan fingerprint density at radius 1 is 1.10 bits per heavy atom. The second-order valence-electron chi connectivity index (χ2n) is 7.95. The number of esters is 1. The molecule has 160 valence electrons. The summed E-state index contributed by atoms with van der Waals surface area (Å²) in [6.07, 6.45) is 7.61. The Labute approximate surface area is 184 Å². The fourth-order valence-corrected chi connectivity index (χ4v) is 3.92. The number of rotatable bonds is 6. The topological polar surface area (TPSA) is 49.6 Å². The summed E-state index contributed by atoms with van der Waals surface area (Å²) in [5, 5.41) is 0. The highest BCUT2D eigenvalue weighted by Gasteiger charge is 2.43.